The van der Waals surface area contributed by atoms with Crippen LogP contribution in [0.5, 0.6) is 0 Å². The molecule has 0 radical (unpaired) electrons. The summed E-state index contributed by atoms with van der Waals surface area (Å²) in [7, 11) is 5.52. The Balaban J connectivity index is 4.32. The molecule has 0 aromatic heterocycles. The van der Waals surface area contributed by atoms with Gasteiger partial charge in [-0.25, -0.2) is 4.79 Å². The topological polar surface area (TPSA) is 99.1 Å². The van der Waals surface area contributed by atoms with Crippen LogP contribution < -0.4 is 0 Å². The van der Waals surface area contributed by atoms with E-state index in [0.29, 0.717) is 19.3 Å². The molecule has 288 valence electrons. The van der Waals surface area contributed by atoms with E-state index >= 15 is 0 Å². The first kappa shape index (κ1) is 47.1. The van der Waals surface area contributed by atoms with E-state index in [1.54, 1.807) is 0 Å². The van der Waals surface area contributed by atoms with Crippen molar-refractivity contribution in [2.75, 3.05) is 41.0 Å². The molecule has 0 aliphatic rings. The van der Waals surface area contributed by atoms with Crippen LogP contribution in [0.25, 0.3) is 0 Å². The Morgan fingerprint density at radius 1 is 0.592 bits per heavy atom. The second kappa shape index (κ2) is 33.2. The number of carbonyl (C=O) groups is 3. The number of carbonyl (C=O) groups excluding carboxylic acids is 2. The van der Waals surface area contributed by atoms with E-state index < -0.39 is 18.1 Å². The molecule has 0 aliphatic heterocycles. The average molecular weight is 697 g/mol. The van der Waals surface area contributed by atoms with Gasteiger partial charge in [0.25, 0.3) is 0 Å². The number of carboxylic acid groups (broad SMARTS) is 1. The number of carboxylic acids is 1. The summed E-state index contributed by atoms with van der Waals surface area (Å²) in [5, 5.41) is 9.58. The predicted octanol–water partition coefficient (Wildman–Crippen LogP) is 10.4. The second-order valence-electron chi connectivity index (χ2n) is 14.9. The summed E-state index contributed by atoms with van der Waals surface area (Å²) in [5.74, 6) is -1.47. The standard InChI is InChI=1S/C41H77NO7/c1-6-8-10-12-14-16-17-18-19-20-21-22-23-24-26-28-30-32-40(44)49-37(35-47-34-33-38(41(45)46)42(3,4)5)36-48-39(43)31-29-27-25-15-13-11-9-7-2/h18-19,37-38H,6-17,20-36H2,1-5H3/p+1/b19-18-. The maximum atomic E-state index is 12.7. The van der Waals surface area contributed by atoms with E-state index in [2.05, 4.69) is 26.0 Å². The summed E-state index contributed by atoms with van der Waals surface area (Å²) in [6.45, 7) is 4.70. The van der Waals surface area contributed by atoms with Crippen molar-refractivity contribution in [3.05, 3.63) is 12.2 Å². The highest BCUT2D eigenvalue weighted by molar-refractivity contribution is 5.72. The minimum atomic E-state index is -0.875. The molecule has 49 heavy (non-hydrogen) atoms. The number of aliphatic carboxylic acids is 1. The highest BCUT2D eigenvalue weighted by Crippen LogP contribution is 2.14. The number of esters is 2. The molecule has 2 unspecified atom stereocenters. The van der Waals surface area contributed by atoms with E-state index in [1.165, 1.54) is 109 Å². The SMILES string of the molecule is CCCCCCCC/C=C\CCCCCCCCCC(=O)OC(COCCC(C(=O)O)[N+](C)(C)C)COC(=O)CCCCCCCCCC. The summed E-state index contributed by atoms with van der Waals surface area (Å²) >= 11 is 0. The van der Waals surface area contributed by atoms with Gasteiger partial charge in [0, 0.05) is 19.3 Å². The maximum absolute atomic E-state index is 12.7. The van der Waals surface area contributed by atoms with Gasteiger partial charge in [0.15, 0.2) is 12.1 Å². The summed E-state index contributed by atoms with van der Waals surface area (Å²) in [4.78, 5) is 36.7. The maximum Gasteiger partial charge on any atom is 0.362 e. The average Bonchev–Trinajstić information content (AvgIpc) is 3.05. The highest BCUT2D eigenvalue weighted by atomic mass is 16.6. The zero-order chi connectivity index (χ0) is 36.4. The molecule has 0 aromatic carbocycles. The zero-order valence-corrected chi connectivity index (χ0v) is 32.7. The van der Waals surface area contributed by atoms with Crippen LogP contribution in [0.2, 0.25) is 0 Å². The quantitative estimate of drug-likeness (QED) is 0.0301. The normalized spacial score (nSPS) is 13.1. The predicted molar refractivity (Wildman–Crippen MR) is 202 cm³/mol. The molecular weight excluding hydrogens is 618 g/mol. The smallest absolute Gasteiger partial charge is 0.362 e. The van der Waals surface area contributed by atoms with Crippen molar-refractivity contribution in [2.24, 2.45) is 0 Å². The lowest BCUT2D eigenvalue weighted by Crippen LogP contribution is -2.50. The fraction of sp³-hybridized carbons (Fsp3) is 0.878. The van der Waals surface area contributed by atoms with Crippen LogP contribution >= 0.6 is 0 Å². The first-order chi connectivity index (χ1) is 23.6. The molecule has 8 heteroatoms. The minimum absolute atomic E-state index is 0.0481. The molecule has 0 rings (SSSR count). The number of nitrogens with zero attached hydrogens (tertiary/aromatic N) is 1. The monoisotopic (exact) mass is 697 g/mol. The molecule has 0 aliphatic carbocycles. The summed E-state index contributed by atoms with van der Waals surface area (Å²) < 4.78 is 17.2. The lowest BCUT2D eigenvalue weighted by atomic mass is 10.1. The Labute approximate surface area is 301 Å². The fourth-order valence-electron chi connectivity index (χ4n) is 5.97. The number of likely N-dealkylation sites (N-methyl/N-ethyl adjacent to an activating group) is 1. The number of hydrogen-bond acceptors (Lipinski definition) is 6. The zero-order valence-electron chi connectivity index (χ0n) is 32.7. The summed E-state index contributed by atoms with van der Waals surface area (Å²) in [5.41, 5.74) is 0. The van der Waals surface area contributed by atoms with E-state index in [9.17, 15) is 19.5 Å². The highest BCUT2D eigenvalue weighted by Gasteiger charge is 2.31. The third-order valence-electron chi connectivity index (χ3n) is 9.16. The van der Waals surface area contributed by atoms with Gasteiger partial charge in [-0.05, 0) is 38.5 Å². The van der Waals surface area contributed by atoms with Gasteiger partial charge in [-0.3, -0.25) is 9.59 Å². The van der Waals surface area contributed by atoms with E-state index in [4.69, 9.17) is 14.2 Å². The van der Waals surface area contributed by atoms with Gasteiger partial charge in [0.05, 0.1) is 34.4 Å². The second-order valence-corrected chi connectivity index (χ2v) is 14.9. The van der Waals surface area contributed by atoms with Crippen molar-refractivity contribution < 1.29 is 38.2 Å². The van der Waals surface area contributed by atoms with Crippen LogP contribution in [0.4, 0.5) is 0 Å². The van der Waals surface area contributed by atoms with Gasteiger partial charge in [0.1, 0.15) is 6.61 Å². The van der Waals surface area contributed by atoms with Crippen LogP contribution in [-0.4, -0.2) is 80.6 Å². The van der Waals surface area contributed by atoms with Crippen molar-refractivity contribution in [3.63, 3.8) is 0 Å². The van der Waals surface area contributed by atoms with Crippen molar-refractivity contribution in [1.29, 1.82) is 0 Å². The largest absolute Gasteiger partial charge is 0.477 e. The molecule has 0 aromatic rings. The van der Waals surface area contributed by atoms with Crippen LogP contribution in [-0.2, 0) is 28.6 Å². The van der Waals surface area contributed by atoms with Crippen LogP contribution in [0, 0.1) is 0 Å². The third-order valence-corrected chi connectivity index (χ3v) is 9.16. The van der Waals surface area contributed by atoms with Crippen molar-refractivity contribution in [3.8, 4) is 0 Å². The molecule has 0 heterocycles. The van der Waals surface area contributed by atoms with Gasteiger partial charge >= 0.3 is 17.9 Å². The number of rotatable bonds is 36. The molecule has 2 atom stereocenters. The number of quaternary nitrogens is 1. The van der Waals surface area contributed by atoms with Gasteiger partial charge < -0.3 is 23.8 Å². The Morgan fingerprint density at radius 3 is 1.47 bits per heavy atom. The van der Waals surface area contributed by atoms with Crippen molar-refractivity contribution in [2.45, 2.75) is 193 Å². The molecule has 0 fully saturated rings. The van der Waals surface area contributed by atoms with E-state index in [-0.39, 0.29) is 36.2 Å². The molecule has 1 N–H and O–H groups in total. The molecule has 0 bridgehead atoms. The van der Waals surface area contributed by atoms with Gasteiger partial charge in [-0.2, -0.15) is 0 Å². The van der Waals surface area contributed by atoms with Crippen LogP contribution in [0.1, 0.15) is 181 Å². The van der Waals surface area contributed by atoms with E-state index in [0.717, 1.165) is 38.5 Å². The number of unbranched alkanes of at least 4 members (excludes halogenated alkanes) is 20. The van der Waals surface area contributed by atoms with Gasteiger partial charge in [-0.1, -0.05) is 135 Å². The Bertz CT molecular complexity index is 823. The summed E-state index contributed by atoms with van der Waals surface area (Å²) in [6, 6.07) is -0.609. The van der Waals surface area contributed by atoms with Crippen LogP contribution in [0.15, 0.2) is 12.2 Å². The molecular formula is C41H78NO7+. The molecule has 0 saturated heterocycles. The van der Waals surface area contributed by atoms with Crippen molar-refractivity contribution in [1.82, 2.24) is 0 Å². The minimum Gasteiger partial charge on any atom is -0.477 e. The Hall–Kier alpha value is -1.93. The fourth-order valence-corrected chi connectivity index (χ4v) is 5.97. The summed E-state index contributed by atoms with van der Waals surface area (Å²) in [6.07, 6.45) is 32.6. The number of hydrogen-bond donors (Lipinski definition) is 1. The van der Waals surface area contributed by atoms with Crippen LogP contribution in [0.3, 0.4) is 0 Å². The number of ether oxygens (including phenoxy) is 3. The lowest BCUT2D eigenvalue weighted by Gasteiger charge is -2.31. The first-order valence-electron chi connectivity index (χ1n) is 20.2. The molecule has 0 saturated carbocycles. The molecule has 8 nitrogen and oxygen atoms in total. The van der Waals surface area contributed by atoms with Gasteiger partial charge in [0.2, 0.25) is 0 Å². The molecule has 0 amide bonds. The lowest BCUT2D eigenvalue weighted by molar-refractivity contribution is -0.887. The van der Waals surface area contributed by atoms with Gasteiger partial charge in [-0.15, -0.1) is 0 Å². The first-order valence-corrected chi connectivity index (χ1v) is 20.2. The number of allylic oxidation sites excluding steroid dienone is 2. The van der Waals surface area contributed by atoms with Crippen molar-refractivity contribution >= 4 is 17.9 Å². The Morgan fingerprint density at radius 2 is 1.02 bits per heavy atom. The third kappa shape index (κ3) is 31.8. The molecule has 0 spiro atoms. The Kier molecular flexibility index (Phi) is 31.9. The van der Waals surface area contributed by atoms with E-state index in [1.807, 2.05) is 21.1 Å².